The molecule has 3 aromatic rings. The zero-order valence-corrected chi connectivity index (χ0v) is 11.9. The van der Waals surface area contributed by atoms with Gasteiger partial charge in [-0.1, -0.05) is 36.4 Å². The number of halogens is 1. The number of nitrogens with zero attached hydrogens (tertiary/aromatic N) is 4. The van der Waals surface area contributed by atoms with Gasteiger partial charge in [0.05, 0.1) is 5.10 Å². The van der Waals surface area contributed by atoms with Crippen molar-refractivity contribution in [3.63, 3.8) is 0 Å². The second-order valence-corrected chi connectivity index (χ2v) is 4.89. The van der Waals surface area contributed by atoms with Crippen molar-refractivity contribution in [3.05, 3.63) is 64.5 Å². The van der Waals surface area contributed by atoms with E-state index in [4.69, 9.17) is 0 Å². The number of aromatic nitrogens is 4. The van der Waals surface area contributed by atoms with Crippen molar-refractivity contribution in [2.75, 3.05) is 0 Å². The Morgan fingerprint density at radius 1 is 0.900 bits per heavy atom. The molecule has 0 amide bonds. The highest BCUT2D eigenvalue weighted by atomic mass is 79.9. The van der Waals surface area contributed by atoms with Crippen molar-refractivity contribution in [1.29, 1.82) is 0 Å². The van der Waals surface area contributed by atoms with Crippen molar-refractivity contribution < 1.29 is 4.73 Å². The summed E-state index contributed by atoms with van der Waals surface area (Å²) in [5, 5.41) is 20.2. The molecule has 0 fully saturated rings. The Kier molecular flexibility index (Phi) is 3.39. The van der Waals surface area contributed by atoms with E-state index in [1.165, 1.54) is 6.20 Å². The maximum absolute atomic E-state index is 12.1. The summed E-state index contributed by atoms with van der Waals surface area (Å²) < 4.78 is 1.33. The van der Waals surface area contributed by atoms with E-state index >= 15 is 0 Å². The number of hydrogen-bond donors (Lipinski definition) is 0. The Bertz CT molecular complexity index is 749. The summed E-state index contributed by atoms with van der Waals surface area (Å²) in [7, 11) is 0. The van der Waals surface area contributed by atoms with Crippen LogP contribution in [0.2, 0.25) is 0 Å². The molecule has 0 aliphatic heterocycles. The predicted octanol–water partition coefficient (Wildman–Crippen LogP) is 2.60. The Hall–Kier alpha value is -2.34. The van der Waals surface area contributed by atoms with Crippen LogP contribution in [-0.2, 0) is 0 Å². The van der Waals surface area contributed by atoms with Crippen LogP contribution in [0.3, 0.4) is 0 Å². The minimum Gasteiger partial charge on any atom is -0.710 e. The molecule has 0 radical (unpaired) electrons. The molecule has 0 saturated carbocycles. The molecule has 0 aliphatic rings. The van der Waals surface area contributed by atoms with Gasteiger partial charge in [0, 0.05) is 5.56 Å². The number of benzene rings is 1. The number of rotatable bonds is 2. The molecule has 98 valence electrons. The smallest absolute Gasteiger partial charge is 0.379 e. The van der Waals surface area contributed by atoms with Crippen molar-refractivity contribution >= 4 is 15.9 Å². The van der Waals surface area contributed by atoms with E-state index in [2.05, 4.69) is 31.1 Å². The van der Waals surface area contributed by atoms with Crippen molar-refractivity contribution in [3.8, 4) is 22.8 Å². The molecule has 6 heteroatoms. The van der Waals surface area contributed by atoms with Gasteiger partial charge < -0.3 is 5.21 Å². The first-order valence-electron chi connectivity index (χ1n) is 5.89. The Balaban J connectivity index is 2.04. The van der Waals surface area contributed by atoms with Crippen LogP contribution >= 0.6 is 15.9 Å². The van der Waals surface area contributed by atoms with E-state index in [0.717, 1.165) is 5.56 Å². The molecular formula is C14H9BrN4O. The summed E-state index contributed by atoms with van der Waals surface area (Å²) in [6, 6.07) is 14.7. The Morgan fingerprint density at radius 3 is 2.40 bits per heavy atom. The lowest BCUT2D eigenvalue weighted by Gasteiger charge is -2.06. The lowest BCUT2D eigenvalue weighted by atomic mass is 10.2. The molecule has 20 heavy (non-hydrogen) atoms. The predicted molar refractivity (Wildman–Crippen MR) is 77.4 cm³/mol. The van der Waals surface area contributed by atoms with E-state index in [0.29, 0.717) is 20.7 Å². The minimum absolute atomic E-state index is 0.172. The fourth-order valence-corrected chi connectivity index (χ4v) is 2.13. The molecule has 0 unspecified atom stereocenters. The van der Waals surface area contributed by atoms with Gasteiger partial charge in [-0.25, -0.2) is 9.71 Å². The van der Waals surface area contributed by atoms with Gasteiger partial charge in [-0.2, -0.15) is 0 Å². The monoisotopic (exact) mass is 328 g/mol. The molecule has 0 atom stereocenters. The Morgan fingerprint density at radius 2 is 1.70 bits per heavy atom. The third-order valence-electron chi connectivity index (χ3n) is 2.71. The number of hydrogen-bond acceptors (Lipinski definition) is 4. The summed E-state index contributed by atoms with van der Waals surface area (Å²) in [4.78, 5) is 4.20. The fraction of sp³-hybridized carbons (Fsp3) is 0. The van der Waals surface area contributed by atoms with Crippen LogP contribution in [0.4, 0.5) is 0 Å². The standard InChI is InChI=1S/C14H9BrN4O/c15-13-8-4-7-11(16-13)14-18-17-12(9-19(14)20)10-5-2-1-3-6-10/h1-9H. The average Bonchev–Trinajstić information content (AvgIpc) is 2.48. The first-order chi connectivity index (χ1) is 9.74. The van der Waals surface area contributed by atoms with Crippen LogP contribution in [0, 0.1) is 5.21 Å². The van der Waals surface area contributed by atoms with Crippen molar-refractivity contribution in [2.24, 2.45) is 0 Å². The maximum atomic E-state index is 12.1. The van der Waals surface area contributed by atoms with Crippen LogP contribution in [0.1, 0.15) is 0 Å². The molecule has 5 nitrogen and oxygen atoms in total. The van der Waals surface area contributed by atoms with E-state index < -0.39 is 0 Å². The van der Waals surface area contributed by atoms with Crippen LogP contribution in [0.15, 0.2) is 59.3 Å². The average molecular weight is 329 g/mol. The second-order valence-electron chi connectivity index (χ2n) is 4.08. The first-order valence-corrected chi connectivity index (χ1v) is 6.68. The third-order valence-corrected chi connectivity index (χ3v) is 3.16. The van der Waals surface area contributed by atoms with Crippen LogP contribution < -0.4 is 4.73 Å². The molecule has 2 aromatic heterocycles. The van der Waals surface area contributed by atoms with Crippen LogP contribution in [-0.4, -0.2) is 15.2 Å². The minimum atomic E-state index is 0.172. The highest BCUT2D eigenvalue weighted by Gasteiger charge is 2.16. The maximum Gasteiger partial charge on any atom is 0.379 e. The van der Waals surface area contributed by atoms with Gasteiger partial charge in [-0.15, -0.1) is 0 Å². The normalized spacial score (nSPS) is 10.4. The molecule has 0 saturated heterocycles. The molecule has 0 aliphatic carbocycles. The van der Waals surface area contributed by atoms with Crippen LogP contribution in [0.25, 0.3) is 22.8 Å². The second kappa shape index (κ2) is 5.34. The van der Waals surface area contributed by atoms with E-state index in [-0.39, 0.29) is 5.82 Å². The van der Waals surface area contributed by atoms with E-state index in [1.54, 1.807) is 18.2 Å². The summed E-state index contributed by atoms with van der Waals surface area (Å²) in [5.74, 6) is 0.172. The van der Waals surface area contributed by atoms with Gasteiger partial charge in [0.15, 0.2) is 11.4 Å². The van der Waals surface area contributed by atoms with Gasteiger partial charge in [-0.3, -0.25) is 0 Å². The SMILES string of the molecule is [O-][n+]1cc(-c2ccccc2)nnc1-c1cccc(Br)n1. The zero-order chi connectivity index (χ0) is 13.9. The van der Waals surface area contributed by atoms with Crippen molar-refractivity contribution in [2.45, 2.75) is 0 Å². The quantitative estimate of drug-likeness (QED) is 0.412. The zero-order valence-electron chi connectivity index (χ0n) is 10.3. The molecule has 0 N–H and O–H groups in total. The summed E-state index contributed by atoms with van der Waals surface area (Å²) in [5.41, 5.74) is 1.85. The molecule has 0 spiro atoms. The summed E-state index contributed by atoms with van der Waals surface area (Å²) in [6.07, 6.45) is 1.40. The topological polar surface area (TPSA) is 65.6 Å². The number of pyridine rings is 1. The summed E-state index contributed by atoms with van der Waals surface area (Å²) >= 11 is 3.26. The highest BCUT2D eigenvalue weighted by Crippen LogP contribution is 2.17. The largest absolute Gasteiger partial charge is 0.710 e. The van der Waals surface area contributed by atoms with Gasteiger partial charge in [0.25, 0.3) is 0 Å². The molecule has 3 rings (SSSR count). The van der Waals surface area contributed by atoms with E-state index in [9.17, 15) is 5.21 Å². The molecule has 1 aromatic carbocycles. The fourth-order valence-electron chi connectivity index (χ4n) is 1.78. The lowest BCUT2D eigenvalue weighted by molar-refractivity contribution is -0.597. The Labute approximate surface area is 123 Å². The van der Waals surface area contributed by atoms with E-state index in [1.807, 2.05) is 30.3 Å². The molecule has 0 bridgehead atoms. The molecular weight excluding hydrogens is 320 g/mol. The molecule has 2 heterocycles. The van der Waals surface area contributed by atoms with Gasteiger partial charge in [0.2, 0.25) is 0 Å². The highest BCUT2D eigenvalue weighted by molar-refractivity contribution is 9.10. The first kappa shape index (κ1) is 12.7. The van der Waals surface area contributed by atoms with Crippen LogP contribution in [0.5, 0.6) is 0 Å². The van der Waals surface area contributed by atoms with Gasteiger partial charge >= 0.3 is 5.82 Å². The van der Waals surface area contributed by atoms with Crippen molar-refractivity contribution in [1.82, 2.24) is 15.2 Å². The van der Waals surface area contributed by atoms with Gasteiger partial charge in [-0.05, 0) is 33.2 Å². The summed E-state index contributed by atoms with van der Waals surface area (Å²) in [6.45, 7) is 0. The van der Waals surface area contributed by atoms with Gasteiger partial charge in [0.1, 0.15) is 10.8 Å². The third kappa shape index (κ3) is 2.50. The lowest BCUT2D eigenvalue weighted by Crippen LogP contribution is -2.31.